The molecule has 5 heteroatoms. The van der Waals surface area contributed by atoms with E-state index in [1.165, 1.54) is 0 Å². The molecule has 0 fully saturated rings. The molecular formula is C15H18ClN3O. The van der Waals surface area contributed by atoms with E-state index in [1.54, 1.807) is 6.07 Å². The molecule has 1 aromatic heterocycles. The summed E-state index contributed by atoms with van der Waals surface area (Å²) in [5.74, 6) is 1.24. The number of benzene rings is 1. The quantitative estimate of drug-likeness (QED) is 0.829. The molecule has 0 unspecified atom stereocenters. The van der Waals surface area contributed by atoms with Gasteiger partial charge in [-0.15, -0.1) is 0 Å². The molecule has 0 saturated carbocycles. The van der Waals surface area contributed by atoms with Crippen LogP contribution in [-0.4, -0.2) is 27.2 Å². The van der Waals surface area contributed by atoms with Crippen molar-refractivity contribution in [2.75, 3.05) is 11.9 Å². The number of hydrogen-bond acceptors (Lipinski definition) is 4. The topological polar surface area (TPSA) is 58.0 Å². The van der Waals surface area contributed by atoms with Crippen LogP contribution in [-0.2, 0) is 0 Å². The second kappa shape index (κ2) is 6.20. The molecule has 0 radical (unpaired) electrons. The van der Waals surface area contributed by atoms with Crippen molar-refractivity contribution in [1.82, 2.24) is 9.97 Å². The van der Waals surface area contributed by atoms with Crippen molar-refractivity contribution >= 4 is 17.4 Å². The fraction of sp³-hybridized carbons (Fsp3) is 0.333. The lowest BCUT2D eigenvalue weighted by atomic mass is 10.0. The molecule has 0 aliphatic heterocycles. The van der Waals surface area contributed by atoms with Gasteiger partial charge in [0, 0.05) is 23.8 Å². The zero-order chi connectivity index (χ0) is 14.6. The van der Waals surface area contributed by atoms with Crippen molar-refractivity contribution in [2.45, 2.75) is 25.8 Å². The maximum absolute atomic E-state index is 9.07. The fourth-order valence-electron chi connectivity index (χ4n) is 1.89. The number of aliphatic hydroxyl groups excluding tert-OH is 1. The summed E-state index contributed by atoms with van der Waals surface area (Å²) in [5.41, 5.74) is 0.651. The van der Waals surface area contributed by atoms with E-state index >= 15 is 0 Å². The van der Waals surface area contributed by atoms with Crippen molar-refractivity contribution in [3.05, 3.63) is 41.6 Å². The molecule has 2 N–H and O–H groups in total. The van der Waals surface area contributed by atoms with Gasteiger partial charge in [0.25, 0.3) is 0 Å². The smallest absolute Gasteiger partial charge is 0.163 e. The van der Waals surface area contributed by atoms with Crippen LogP contribution in [0, 0.1) is 0 Å². The Bertz CT molecular complexity index is 573. The zero-order valence-electron chi connectivity index (χ0n) is 11.6. The van der Waals surface area contributed by atoms with E-state index in [2.05, 4.69) is 15.3 Å². The highest BCUT2D eigenvalue weighted by Gasteiger charge is 2.18. The van der Waals surface area contributed by atoms with Crippen molar-refractivity contribution in [2.24, 2.45) is 0 Å². The molecule has 0 bridgehead atoms. The lowest BCUT2D eigenvalue weighted by Gasteiger charge is -2.26. The number of aromatic nitrogens is 2. The van der Waals surface area contributed by atoms with E-state index in [-0.39, 0.29) is 12.1 Å². The van der Waals surface area contributed by atoms with Gasteiger partial charge in [-0.1, -0.05) is 41.9 Å². The van der Waals surface area contributed by atoms with Gasteiger partial charge >= 0.3 is 0 Å². The molecule has 106 valence electrons. The Kier molecular flexibility index (Phi) is 4.57. The summed E-state index contributed by atoms with van der Waals surface area (Å²) in [6.45, 7) is 4.12. The van der Waals surface area contributed by atoms with Crippen molar-refractivity contribution in [1.29, 1.82) is 0 Å². The molecule has 1 heterocycles. The standard InChI is InChI=1S/C15H18ClN3O/c1-15(2,8-9-20)19-13-10-12(16)17-14(18-13)11-6-4-3-5-7-11/h3-7,10,20H,8-9H2,1-2H3,(H,17,18,19). The van der Waals surface area contributed by atoms with Gasteiger partial charge in [-0.3, -0.25) is 0 Å². The number of hydrogen-bond donors (Lipinski definition) is 2. The molecule has 2 aromatic rings. The molecule has 0 spiro atoms. The summed E-state index contributed by atoms with van der Waals surface area (Å²) in [6, 6.07) is 11.4. The normalized spacial score (nSPS) is 11.4. The largest absolute Gasteiger partial charge is 0.396 e. The first-order valence-electron chi connectivity index (χ1n) is 6.49. The molecule has 0 amide bonds. The molecular weight excluding hydrogens is 274 g/mol. The predicted octanol–water partition coefficient (Wildman–Crippen LogP) is 3.37. The summed E-state index contributed by atoms with van der Waals surface area (Å²) < 4.78 is 0. The van der Waals surface area contributed by atoms with Gasteiger partial charge in [0.15, 0.2) is 5.82 Å². The van der Waals surface area contributed by atoms with Crippen LogP contribution in [0.25, 0.3) is 11.4 Å². The Morgan fingerprint density at radius 2 is 1.90 bits per heavy atom. The highest BCUT2D eigenvalue weighted by atomic mass is 35.5. The first-order valence-corrected chi connectivity index (χ1v) is 6.87. The number of nitrogens with one attached hydrogen (secondary N) is 1. The number of halogens is 1. The highest BCUT2D eigenvalue weighted by molar-refractivity contribution is 6.29. The first kappa shape index (κ1) is 14.8. The SMILES string of the molecule is CC(C)(CCO)Nc1cc(Cl)nc(-c2ccccc2)n1. The Hall–Kier alpha value is -1.65. The zero-order valence-corrected chi connectivity index (χ0v) is 12.4. The van der Waals surface area contributed by atoms with Crippen LogP contribution < -0.4 is 5.32 Å². The molecule has 4 nitrogen and oxygen atoms in total. The Labute approximate surface area is 123 Å². The molecule has 2 rings (SSSR count). The third-order valence-electron chi connectivity index (χ3n) is 2.93. The summed E-state index contributed by atoms with van der Waals surface area (Å²) in [4.78, 5) is 8.73. The predicted molar refractivity (Wildman–Crippen MR) is 81.9 cm³/mol. The van der Waals surface area contributed by atoms with E-state index in [1.807, 2.05) is 44.2 Å². The number of nitrogens with zero attached hydrogens (tertiary/aromatic N) is 2. The Balaban J connectivity index is 2.30. The lowest BCUT2D eigenvalue weighted by molar-refractivity contribution is 0.260. The van der Waals surface area contributed by atoms with Gasteiger partial charge in [-0.05, 0) is 20.3 Å². The molecule has 0 aliphatic carbocycles. The minimum atomic E-state index is -0.264. The average molecular weight is 292 g/mol. The van der Waals surface area contributed by atoms with Crippen LogP contribution in [0.5, 0.6) is 0 Å². The molecule has 0 atom stereocenters. The van der Waals surface area contributed by atoms with Gasteiger partial charge in [0.2, 0.25) is 0 Å². The van der Waals surface area contributed by atoms with E-state index < -0.39 is 0 Å². The van der Waals surface area contributed by atoms with Gasteiger partial charge in [-0.2, -0.15) is 0 Å². The number of anilines is 1. The van der Waals surface area contributed by atoms with Crippen LogP contribution in [0.4, 0.5) is 5.82 Å². The Morgan fingerprint density at radius 3 is 2.55 bits per heavy atom. The van der Waals surface area contributed by atoms with E-state index in [4.69, 9.17) is 16.7 Å². The molecule has 0 aliphatic rings. The van der Waals surface area contributed by atoms with Gasteiger partial charge < -0.3 is 10.4 Å². The fourth-order valence-corrected chi connectivity index (χ4v) is 2.07. The number of rotatable bonds is 5. The minimum absolute atomic E-state index is 0.115. The summed E-state index contributed by atoms with van der Waals surface area (Å²) in [6.07, 6.45) is 0.620. The first-order chi connectivity index (χ1) is 9.50. The van der Waals surface area contributed by atoms with Crippen molar-refractivity contribution in [3.8, 4) is 11.4 Å². The monoisotopic (exact) mass is 291 g/mol. The third kappa shape index (κ3) is 3.92. The second-order valence-corrected chi connectivity index (χ2v) is 5.64. The molecule has 20 heavy (non-hydrogen) atoms. The highest BCUT2D eigenvalue weighted by Crippen LogP contribution is 2.23. The van der Waals surface area contributed by atoms with Crippen LogP contribution >= 0.6 is 11.6 Å². The molecule has 1 aromatic carbocycles. The Morgan fingerprint density at radius 1 is 1.20 bits per heavy atom. The minimum Gasteiger partial charge on any atom is -0.396 e. The maximum atomic E-state index is 9.07. The number of aliphatic hydroxyl groups is 1. The maximum Gasteiger partial charge on any atom is 0.163 e. The lowest BCUT2D eigenvalue weighted by Crippen LogP contribution is -2.32. The van der Waals surface area contributed by atoms with E-state index in [0.29, 0.717) is 23.2 Å². The third-order valence-corrected chi connectivity index (χ3v) is 3.12. The van der Waals surface area contributed by atoms with Crippen LogP contribution in [0.2, 0.25) is 5.15 Å². The van der Waals surface area contributed by atoms with Crippen LogP contribution in [0.1, 0.15) is 20.3 Å². The van der Waals surface area contributed by atoms with Crippen molar-refractivity contribution in [3.63, 3.8) is 0 Å². The second-order valence-electron chi connectivity index (χ2n) is 5.25. The van der Waals surface area contributed by atoms with E-state index in [0.717, 1.165) is 5.56 Å². The van der Waals surface area contributed by atoms with Crippen molar-refractivity contribution < 1.29 is 5.11 Å². The van der Waals surface area contributed by atoms with Gasteiger partial charge in [0.05, 0.1) is 0 Å². The summed E-state index contributed by atoms with van der Waals surface area (Å²) in [7, 11) is 0. The van der Waals surface area contributed by atoms with Crippen LogP contribution in [0.3, 0.4) is 0 Å². The molecule has 0 saturated heterocycles. The van der Waals surface area contributed by atoms with Crippen LogP contribution in [0.15, 0.2) is 36.4 Å². The van der Waals surface area contributed by atoms with Gasteiger partial charge in [-0.25, -0.2) is 9.97 Å². The van der Waals surface area contributed by atoms with E-state index in [9.17, 15) is 0 Å². The summed E-state index contributed by atoms with van der Waals surface area (Å²) >= 11 is 6.07. The average Bonchev–Trinajstić information content (AvgIpc) is 2.38. The van der Waals surface area contributed by atoms with Gasteiger partial charge in [0.1, 0.15) is 11.0 Å². The summed E-state index contributed by atoms with van der Waals surface area (Å²) in [5, 5.41) is 12.7.